The van der Waals surface area contributed by atoms with Crippen LogP contribution in [0, 0.1) is 0 Å². The molecule has 0 fully saturated rings. The third kappa shape index (κ3) is 3.30. The van der Waals surface area contributed by atoms with Crippen LogP contribution in [0.5, 0.6) is 0 Å². The van der Waals surface area contributed by atoms with Crippen LogP contribution in [0.25, 0.3) is 0 Å². The van der Waals surface area contributed by atoms with Gasteiger partial charge in [-0.25, -0.2) is 9.59 Å². The first-order chi connectivity index (χ1) is 8.63. The van der Waals surface area contributed by atoms with Crippen molar-refractivity contribution in [2.45, 2.75) is 13.0 Å². The monoisotopic (exact) mass is 252 g/mol. The zero-order valence-corrected chi connectivity index (χ0v) is 10.6. The molecule has 1 aromatic rings. The molecule has 0 saturated heterocycles. The van der Waals surface area contributed by atoms with Crippen LogP contribution >= 0.6 is 0 Å². The molecule has 0 saturated carbocycles. The highest BCUT2D eigenvalue weighted by molar-refractivity contribution is 5.89. The molecule has 18 heavy (non-hydrogen) atoms. The molecule has 0 N–H and O–H groups in total. The maximum atomic E-state index is 11.6. The quantitative estimate of drug-likeness (QED) is 0.747. The summed E-state index contributed by atoms with van der Waals surface area (Å²) in [5.74, 6) is -0.877. The number of esters is 2. The largest absolute Gasteiger partial charge is 0.465 e. The third-order valence-corrected chi connectivity index (χ3v) is 2.37. The number of rotatable bonds is 5. The molecule has 1 atom stereocenters. The highest BCUT2D eigenvalue weighted by atomic mass is 16.6. The van der Waals surface area contributed by atoms with Gasteiger partial charge in [0.25, 0.3) is 0 Å². The van der Waals surface area contributed by atoms with Gasteiger partial charge in [-0.15, -0.1) is 0 Å². The number of carbonyl (C=O) groups excluding carboxylic acids is 2. The summed E-state index contributed by atoms with van der Waals surface area (Å²) in [7, 11) is 2.74. The number of carbonyl (C=O) groups is 2. The Morgan fingerprint density at radius 1 is 1.17 bits per heavy atom. The second-order valence-corrected chi connectivity index (χ2v) is 3.48. The summed E-state index contributed by atoms with van der Waals surface area (Å²) in [6.45, 7) is 2.02. The molecule has 1 aromatic carbocycles. The van der Waals surface area contributed by atoms with E-state index in [0.29, 0.717) is 17.7 Å². The second kappa shape index (κ2) is 6.76. The van der Waals surface area contributed by atoms with Crippen molar-refractivity contribution in [2.24, 2.45) is 0 Å². The highest BCUT2D eigenvalue weighted by Crippen LogP contribution is 2.19. The van der Waals surface area contributed by atoms with E-state index in [1.54, 1.807) is 31.2 Å². The van der Waals surface area contributed by atoms with Crippen LogP contribution in [-0.2, 0) is 19.0 Å². The summed E-state index contributed by atoms with van der Waals surface area (Å²) in [4.78, 5) is 22.9. The van der Waals surface area contributed by atoms with Gasteiger partial charge in [0, 0.05) is 7.11 Å². The molecule has 1 rings (SSSR count). The lowest BCUT2D eigenvalue weighted by Crippen LogP contribution is -2.17. The van der Waals surface area contributed by atoms with Crippen LogP contribution in [0.15, 0.2) is 24.3 Å². The van der Waals surface area contributed by atoms with Crippen molar-refractivity contribution in [1.82, 2.24) is 0 Å². The fourth-order valence-corrected chi connectivity index (χ4v) is 1.50. The van der Waals surface area contributed by atoms with E-state index in [4.69, 9.17) is 9.47 Å². The maximum absolute atomic E-state index is 11.6. The highest BCUT2D eigenvalue weighted by Gasteiger charge is 2.21. The SMILES string of the molecule is CCOC(=O)C(OC)c1ccc(C(=O)OC)cc1. The Morgan fingerprint density at radius 2 is 1.78 bits per heavy atom. The molecule has 1 unspecified atom stereocenters. The van der Waals surface area contributed by atoms with E-state index in [1.807, 2.05) is 0 Å². The summed E-state index contributed by atoms with van der Waals surface area (Å²) < 4.78 is 14.6. The van der Waals surface area contributed by atoms with Crippen molar-refractivity contribution in [2.75, 3.05) is 20.8 Å². The summed E-state index contributed by atoms with van der Waals surface area (Å²) in [5, 5.41) is 0. The predicted octanol–water partition coefficient (Wildman–Crippen LogP) is 1.72. The molecular weight excluding hydrogens is 236 g/mol. The number of hydrogen-bond donors (Lipinski definition) is 0. The van der Waals surface area contributed by atoms with E-state index < -0.39 is 18.0 Å². The van der Waals surface area contributed by atoms with Gasteiger partial charge in [0.2, 0.25) is 0 Å². The molecule has 0 heterocycles. The minimum atomic E-state index is -0.781. The summed E-state index contributed by atoms with van der Waals surface area (Å²) in [5.41, 5.74) is 1.04. The average Bonchev–Trinajstić information content (AvgIpc) is 2.40. The van der Waals surface area contributed by atoms with Crippen molar-refractivity contribution < 1.29 is 23.8 Å². The van der Waals surface area contributed by atoms with E-state index in [2.05, 4.69) is 4.74 Å². The van der Waals surface area contributed by atoms with Crippen molar-refractivity contribution in [3.05, 3.63) is 35.4 Å². The lowest BCUT2D eigenvalue weighted by Gasteiger charge is -2.14. The number of methoxy groups -OCH3 is 2. The van der Waals surface area contributed by atoms with E-state index in [0.717, 1.165) is 0 Å². The molecule has 0 spiro atoms. The van der Waals surface area contributed by atoms with Gasteiger partial charge in [-0.05, 0) is 24.6 Å². The molecule has 0 radical (unpaired) electrons. The van der Waals surface area contributed by atoms with Crippen LogP contribution in [-0.4, -0.2) is 32.8 Å². The molecule has 0 aromatic heterocycles. The van der Waals surface area contributed by atoms with Crippen LogP contribution in [0.4, 0.5) is 0 Å². The van der Waals surface area contributed by atoms with Gasteiger partial charge >= 0.3 is 11.9 Å². The standard InChI is InChI=1S/C13H16O5/c1-4-18-13(15)11(16-2)9-5-7-10(8-6-9)12(14)17-3/h5-8,11H,4H2,1-3H3. The Balaban J connectivity index is 2.88. The molecule has 0 aliphatic rings. The van der Waals surface area contributed by atoms with Crippen LogP contribution in [0.3, 0.4) is 0 Å². The lowest BCUT2D eigenvalue weighted by molar-refractivity contribution is -0.155. The van der Waals surface area contributed by atoms with Gasteiger partial charge in [0.05, 0.1) is 19.3 Å². The van der Waals surface area contributed by atoms with Gasteiger partial charge in [-0.2, -0.15) is 0 Å². The van der Waals surface area contributed by atoms with Crippen LogP contribution < -0.4 is 0 Å². The van der Waals surface area contributed by atoms with Crippen LogP contribution in [0.1, 0.15) is 28.9 Å². The molecule has 0 aliphatic carbocycles. The van der Waals surface area contributed by atoms with Gasteiger partial charge in [-0.1, -0.05) is 12.1 Å². The molecule has 0 amide bonds. The Hall–Kier alpha value is -1.88. The van der Waals surface area contributed by atoms with Crippen molar-refractivity contribution >= 4 is 11.9 Å². The topological polar surface area (TPSA) is 61.8 Å². The Kier molecular flexibility index (Phi) is 5.32. The fraction of sp³-hybridized carbons (Fsp3) is 0.385. The zero-order valence-electron chi connectivity index (χ0n) is 10.6. The normalized spacial score (nSPS) is 11.7. The summed E-state index contributed by atoms with van der Waals surface area (Å²) in [6.07, 6.45) is -0.781. The first-order valence-corrected chi connectivity index (χ1v) is 5.51. The van der Waals surface area contributed by atoms with Gasteiger partial charge in [0.1, 0.15) is 0 Å². The number of benzene rings is 1. The lowest BCUT2D eigenvalue weighted by atomic mass is 10.1. The molecular formula is C13H16O5. The van der Waals surface area contributed by atoms with Gasteiger partial charge in [-0.3, -0.25) is 0 Å². The zero-order chi connectivity index (χ0) is 13.5. The van der Waals surface area contributed by atoms with Crippen molar-refractivity contribution in [1.29, 1.82) is 0 Å². The first-order valence-electron chi connectivity index (χ1n) is 5.51. The Bertz CT molecular complexity index is 410. The van der Waals surface area contributed by atoms with E-state index in [9.17, 15) is 9.59 Å². The number of hydrogen-bond acceptors (Lipinski definition) is 5. The van der Waals surface area contributed by atoms with Crippen molar-refractivity contribution in [3.8, 4) is 0 Å². The van der Waals surface area contributed by atoms with E-state index >= 15 is 0 Å². The minimum Gasteiger partial charge on any atom is -0.465 e. The smallest absolute Gasteiger partial charge is 0.339 e. The Morgan fingerprint density at radius 3 is 2.22 bits per heavy atom. The van der Waals surface area contributed by atoms with Gasteiger partial charge in [0.15, 0.2) is 6.10 Å². The van der Waals surface area contributed by atoms with Crippen LogP contribution in [0.2, 0.25) is 0 Å². The minimum absolute atomic E-state index is 0.291. The van der Waals surface area contributed by atoms with E-state index in [1.165, 1.54) is 14.2 Å². The molecule has 98 valence electrons. The van der Waals surface area contributed by atoms with E-state index in [-0.39, 0.29) is 0 Å². The average molecular weight is 252 g/mol. The summed E-state index contributed by atoms with van der Waals surface area (Å²) >= 11 is 0. The molecule has 5 nitrogen and oxygen atoms in total. The fourth-order valence-electron chi connectivity index (χ4n) is 1.50. The third-order valence-electron chi connectivity index (χ3n) is 2.37. The molecule has 0 aliphatic heterocycles. The first kappa shape index (κ1) is 14.2. The van der Waals surface area contributed by atoms with Gasteiger partial charge < -0.3 is 14.2 Å². The number of ether oxygens (including phenoxy) is 3. The second-order valence-electron chi connectivity index (χ2n) is 3.48. The van der Waals surface area contributed by atoms with Crippen molar-refractivity contribution in [3.63, 3.8) is 0 Å². The Labute approximate surface area is 106 Å². The molecule has 5 heteroatoms. The predicted molar refractivity (Wildman–Crippen MR) is 64.2 cm³/mol. The summed E-state index contributed by atoms with van der Waals surface area (Å²) in [6, 6.07) is 6.42. The molecule has 0 bridgehead atoms. The maximum Gasteiger partial charge on any atom is 0.339 e.